The second-order valence-corrected chi connectivity index (χ2v) is 7.18. The Morgan fingerprint density at radius 1 is 1.29 bits per heavy atom. The van der Waals surface area contributed by atoms with E-state index in [0.717, 1.165) is 19.8 Å². The molecule has 0 bridgehead atoms. The highest BCUT2D eigenvalue weighted by atomic mass is 35.5. The lowest BCUT2D eigenvalue weighted by molar-refractivity contribution is 0.0530. The molecule has 0 unspecified atom stereocenters. The predicted molar refractivity (Wildman–Crippen MR) is 90.5 cm³/mol. The van der Waals surface area contributed by atoms with Crippen molar-refractivity contribution in [1.82, 2.24) is 0 Å². The first-order valence-electron chi connectivity index (χ1n) is 6.35. The minimum atomic E-state index is -0.360. The van der Waals surface area contributed by atoms with Gasteiger partial charge in [-0.25, -0.2) is 4.79 Å². The van der Waals surface area contributed by atoms with Crippen LogP contribution in [0.3, 0.4) is 0 Å². The summed E-state index contributed by atoms with van der Waals surface area (Å²) in [5.41, 5.74) is 7.49. The highest BCUT2D eigenvalue weighted by Crippen LogP contribution is 2.43. The fourth-order valence-corrected chi connectivity index (χ4v) is 4.58. The van der Waals surface area contributed by atoms with E-state index in [9.17, 15) is 4.79 Å². The summed E-state index contributed by atoms with van der Waals surface area (Å²) < 4.78 is 6.11. The largest absolute Gasteiger partial charge is 0.462 e. The van der Waals surface area contributed by atoms with Gasteiger partial charge in [0.25, 0.3) is 0 Å². The molecule has 0 aliphatic rings. The molecule has 6 heteroatoms. The van der Waals surface area contributed by atoms with Crippen molar-refractivity contribution in [3.63, 3.8) is 0 Å². The molecule has 0 saturated carbocycles. The number of anilines is 1. The second-order valence-electron chi connectivity index (χ2n) is 4.38. The zero-order valence-corrected chi connectivity index (χ0v) is 13.6. The summed E-state index contributed by atoms with van der Waals surface area (Å²) in [6.07, 6.45) is 0. The fraction of sp³-hybridized carbons (Fsp3) is 0.133. The van der Waals surface area contributed by atoms with E-state index in [1.54, 1.807) is 18.3 Å². The van der Waals surface area contributed by atoms with E-state index in [4.69, 9.17) is 22.1 Å². The molecule has 2 N–H and O–H groups in total. The first-order valence-corrected chi connectivity index (χ1v) is 8.36. The SMILES string of the molecule is CCOC(=O)c1c(N)sc2sc(-c3ccc(Cl)cc3)cc12. The van der Waals surface area contributed by atoms with E-state index < -0.39 is 0 Å². The summed E-state index contributed by atoms with van der Waals surface area (Å²) in [6.45, 7) is 2.12. The molecule has 2 heterocycles. The number of hydrogen-bond donors (Lipinski definition) is 1. The number of rotatable bonds is 3. The minimum absolute atomic E-state index is 0.337. The van der Waals surface area contributed by atoms with Crippen molar-refractivity contribution in [2.45, 2.75) is 6.92 Å². The number of carbonyl (C=O) groups excluding carboxylic acids is 1. The van der Waals surface area contributed by atoms with Crippen LogP contribution in [0.25, 0.3) is 19.8 Å². The Hall–Kier alpha value is -1.56. The number of nitrogens with two attached hydrogens (primary N) is 1. The van der Waals surface area contributed by atoms with Crippen LogP contribution in [0.2, 0.25) is 5.02 Å². The zero-order chi connectivity index (χ0) is 15.0. The molecule has 0 fully saturated rings. The van der Waals surface area contributed by atoms with E-state index in [1.807, 2.05) is 30.3 Å². The molecule has 0 aliphatic heterocycles. The lowest BCUT2D eigenvalue weighted by atomic mass is 10.1. The molecule has 3 nitrogen and oxygen atoms in total. The first-order chi connectivity index (χ1) is 10.1. The number of hydrogen-bond acceptors (Lipinski definition) is 5. The van der Waals surface area contributed by atoms with Crippen LogP contribution in [-0.4, -0.2) is 12.6 Å². The van der Waals surface area contributed by atoms with Crippen LogP contribution in [0.4, 0.5) is 5.00 Å². The van der Waals surface area contributed by atoms with Gasteiger partial charge in [-0.15, -0.1) is 22.7 Å². The molecule has 3 aromatic rings. The molecule has 0 aliphatic carbocycles. The van der Waals surface area contributed by atoms with Gasteiger partial charge in [0, 0.05) is 15.3 Å². The van der Waals surface area contributed by atoms with Crippen LogP contribution in [0, 0.1) is 0 Å². The highest BCUT2D eigenvalue weighted by Gasteiger charge is 2.20. The standard InChI is InChI=1S/C15H12ClNO2S2/c1-2-19-14(18)12-10-7-11(20-15(10)21-13(12)17)8-3-5-9(16)6-4-8/h3-7H,2,17H2,1H3. The lowest BCUT2D eigenvalue weighted by Gasteiger charge is -2.00. The highest BCUT2D eigenvalue weighted by molar-refractivity contribution is 7.41. The summed E-state index contributed by atoms with van der Waals surface area (Å²) >= 11 is 8.94. The summed E-state index contributed by atoms with van der Waals surface area (Å²) in [7, 11) is 0. The molecule has 0 atom stereocenters. The monoisotopic (exact) mass is 337 g/mol. The second kappa shape index (κ2) is 5.67. The molecule has 108 valence electrons. The summed E-state index contributed by atoms with van der Waals surface area (Å²) in [6, 6.07) is 9.62. The first kappa shape index (κ1) is 14.4. The van der Waals surface area contributed by atoms with Gasteiger partial charge in [0.05, 0.1) is 10.6 Å². The smallest absolute Gasteiger partial charge is 0.341 e. The minimum Gasteiger partial charge on any atom is -0.462 e. The van der Waals surface area contributed by atoms with Crippen molar-refractivity contribution >= 4 is 54.6 Å². The maximum absolute atomic E-state index is 12.0. The fourth-order valence-electron chi connectivity index (χ4n) is 2.08. The topological polar surface area (TPSA) is 52.3 Å². The van der Waals surface area contributed by atoms with Gasteiger partial charge in [-0.1, -0.05) is 23.7 Å². The molecule has 1 aromatic carbocycles. The van der Waals surface area contributed by atoms with Crippen molar-refractivity contribution in [1.29, 1.82) is 0 Å². The van der Waals surface area contributed by atoms with E-state index in [2.05, 4.69) is 0 Å². The average Bonchev–Trinajstić information content (AvgIpc) is 2.96. The van der Waals surface area contributed by atoms with Gasteiger partial charge < -0.3 is 10.5 Å². The number of fused-ring (bicyclic) bond motifs is 1. The van der Waals surface area contributed by atoms with Gasteiger partial charge >= 0.3 is 5.97 Å². The van der Waals surface area contributed by atoms with Gasteiger partial charge in [-0.05, 0) is 30.7 Å². The third-order valence-electron chi connectivity index (χ3n) is 3.02. The normalized spacial score (nSPS) is 11.0. The number of thiophene rings is 2. The number of carbonyl (C=O) groups is 1. The maximum Gasteiger partial charge on any atom is 0.341 e. The number of esters is 1. The molecule has 0 radical (unpaired) electrons. The van der Waals surface area contributed by atoms with Gasteiger partial charge in [-0.3, -0.25) is 0 Å². The Kier molecular flexibility index (Phi) is 3.89. The molecule has 0 spiro atoms. The van der Waals surface area contributed by atoms with Gasteiger partial charge in [0.1, 0.15) is 10.6 Å². The molecular weight excluding hydrogens is 326 g/mol. The summed E-state index contributed by atoms with van der Waals surface area (Å²) in [4.78, 5) is 13.1. The van der Waals surface area contributed by atoms with Gasteiger partial charge in [0.15, 0.2) is 0 Å². The number of ether oxygens (including phenoxy) is 1. The molecule has 0 saturated heterocycles. The van der Waals surface area contributed by atoms with E-state index >= 15 is 0 Å². The molecule has 0 amide bonds. The van der Waals surface area contributed by atoms with Crippen molar-refractivity contribution < 1.29 is 9.53 Å². The van der Waals surface area contributed by atoms with Crippen LogP contribution in [0.15, 0.2) is 30.3 Å². The molecule has 21 heavy (non-hydrogen) atoms. The zero-order valence-electron chi connectivity index (χ0n) is 11.2. The third kappa shape index (κ3) is 2.64. The van der Waals surface area contributed by atoms with Crippen molar-refractivity contribution in [2.75, 3.05) is 12.3 Å². The van der Waals surface area contributed by atoms with E-state index in [-0.39, 0.29) is 5.97 Å². The van der Waals surface area contributed by atoms with Crippen LogP contribution >= 0.6 is 34.3 Å². The summed E-state index contributed by atoms with van der Waals surface area (Å²) in [5, 5.41) is 2.08. The van der Waals surface area contributed by atoms with Crippen LogP contribution in [0.5, 0.6) is 0 Å². The van der Waals surface area contributed by atoms with Crippen LogP contribution in [0.1, 0.15) is 17.3 Å². The van der Waals surface area contributed by atoms with Crippen molar-refractivity contribution in [3.05, 3.63) is 40.9 Å². The Morgan fingerprint density at radius 3 is 2.67 bits per heavy atom. The Labute approximate surface area is 134 Å². The summed E-state index contributed by atoms with van der Waals surface area (Å²) in [5.74, 6) is -0.360. The quantitative estimate of drug-likeness (QED) is 0.681. The Bertz CT molecular complexity index is 805. The van der Waals surface area contributed by atoms with E-state index in [1.165, 1.54) is 11.3 Å². The molecule has 3 rings (SSSR count). The number of nitrogen functional groups attached to an aromatic ring is 1. The Balaban J connectivity index is 2.08. The third-order valence-corrected chi connectivity index (χ3v) is 5.58. The Morgan fingerprint density at radius 2 is 2.00 bits per heavy atom. The molecule has 2 aromatic heterocycles. The lowest BCUT2D eigenvalue weighted by Crippen LogP contribution is -2.05. The average molecular weight is 338 g/mol. The van der Waals surface area contributed by atoms with Crippen LogP contribution in [-0.2, 0) is 4.74 Å². The van der Waals surface area contributed by atoms with E-state index in [0.29, 0.717) is 22.2 Å². The van der Waals surface area contributed by atoms with Crippen molar-refractivity contribution in [2.24, 2.45) is 0 Å². The molecular formula is C15H12ClNO2S2. The predicted octanol–water partition coefficient (Wildman–Crippen LogP) is 5.04. The van der Waals surface area contributed by atoms with Crippen LogP contribution < -0.4 is 5.73 Å². The van der Waals surface area contributed by atoms with Gasteiger partial charge in [0.2, 0.25) is 0 Å². The van der Waals surface area contributed by atoms with Crippen molar-refractivity contribution in [3.8, 4) is 10.4 Å². The van der Waals surface area contributed by atoms with Gasteiger partial charge in [-0.2, -0.15) is 0 Å². The maximum atomic E-state index is 12.0. The number of halogens is 1. The number of benzene rings is 1.